The smallest absolute Gasteiger partial charge is 0.338 e. The number of nitrogens with zero attached hydrogens (tertiary/aromatic N) is 4. The number of rotatable bonds is 8. The third kappa shape index (κ3) is 5.45. The summed E-state index contributed by atoms with van der Waals surface area (Å²) in [4.78, 5) is 54.9. The molecule has 12 heteroatoms. The molecular weight excluding hydrogens is 482 g/mol. The van der Waals surface area contributed by atoms with Crippen molar-refractivity contribution in [2.24, 2.45) is 5.11 Å². The fraction of sp³-hybridized carbons (Fsp3) is 0.280. The van der Waals surface area contributed by atoms with Crippen LogP contribution in [-0.2, 0) is 14.2 Å². The Kier molecular flexibility index (Phi) is 7.52. The zero-order valence-electron chi connectivity index (χ0n) is 19.8. The van der Waals surface area contributed by atoms with Gasteiger partial charge in [0.2, 0.25) is 0 Å². The molecule has 0 amide bonds. The van der Waals surface area contributed by atoms with Crippen molar-refractivity contribution in [2.45, 2.75) is 24.6 Å². The number of aryl methyl sites for hydroxylation is 1. The predicted molar refractivity (Wildman–Crippen MR) is 130 cm³/mol. The largest absolute Gasteiger partial charge is 0.459 e. The van der Waals surface area contributed by atoms with Gasteiger partial charge in [-0.15, -0.1) is 0 Å². The Morgan fingerprint density at radius 3 is 2.11 bits per heavy atom. The molecule has 2 heterocycles. The summed E-state index contributed by atoms with van der Waals surface area (Å²) in [6.45, 7) is 0.477. The van der Waals surface area contributed by atoms with Crippen LogP contribution < -0.4 is 11.2 Å². The molecule has 0 radical (unpaired) electrons. The Bertz CT molecular complexity index is 1390. The van der Waals surface area contributed by atoms with Crippen molar-refractivity contribution in [3.8, 4) is 0 Å². The van der Waals surface area contributed by atoms with Gasteiger partial charge in [0.25, 0.3) is 5.56 Å². The van der Waals surface area contributed by atoms with Crippen LogP contribution in [0.4, 0.5) is 0 Å². The summed E-state index contributed by atoms with van der Waals surface area (Å²) in [5, 5.41) is 3.85. The molecule has 1 aromatic heterocycles. The number of benzene rings is 2. The molecule has 4 rings (SSSR count). The lowest BCUT2D eigenvalue weighted by Crippen LogP contribution is -2.50. The molecule has 2 atom stereocenters. The molecule has 0 saturated carbocycles. The van der Waals surface area contributed by atoms with Gasteiger partial charge in [0.15, 0.2) is 0 Å². The van der Waals surface area contributed by atoms with Crippen LogP contribution in [-0.4, -0.2) is 53.0 Å². The average Bonchev–Trinajstić information content (AvgIpc) is 3.27. The second-order valence-corrected chi connectivity index (χ2v) is 8.46. The van der Waals surface area contributed by atoms with Crippen LogP contribution in [0.5, 0.6) is 0 Å². The van der Waals surface area contributed by atoms with Crippen LogP contribution >= 0.6 is 0 Å². The molecule has 1 aliphatic heterocycles. The van der Waals surface area contributed by atoms with Gasteiger partial charge in [0, 0.05) is 16.7 Å². The molecule has 1 saturated heterocycles. The molecule has 2 unspecified atom stereocenters. The van der Waals surface area contributed by atoms with Gasteiger partial charge in [0.05, 0.1) is 29.8 Å². The molecule has 190 valence electrons. The van der Waals surface area contributed by atoms with Crippen molar-refractivity contribution in [3.63, 3.8) is 0 Å². The maximum absolute atomic E-state index is 12.7. The minimum atomic E-state index is -1.62. The van der Waals surface area contributed by atoms with E-state index in [1.807, 2.05) is 0 Å². The summed E-state index contributed by atoms with van der Waals surface area (Å²) in [6.07, 6.45) is 1.33. The van der Waals surface area contributed by atoms with Crippen molar-refractivity contribution < 1.29 is 23.8 Å². The number of nitrogens with one attached hydrogen (secondary N) is 1. The van der Waals surface area contributed by atoms with E-state index in [0.717, 1.165) is 0 Å². The number of aromatic amines is 1. The first-order chi connectivity index (χ1) is 17.8. The number of esters is 2. The first-order valence-electron chi connectivity index (χ1n) is 11.3. The highest BCUT2D eigenvalue weighted by Gasteiger charge is 2.53. The monoisotopic (exact) mass is 505 g/mol. The Labute approximate surface area is 210 Å². The molecule has 2 aromatic carbocycles. The topological polar surface area (TPSA) is 165 Å². The van der Waals surface area contributed by atoms with Crippen LogP contribution in [0.3, 0.4) is 0 Å². The fourth-order valence-corrected chi connectivity index (χ4v) is 4.07. The Balaban J connectivity index is 1.67. The summed E-state index contributed by atoms with van der Waals surface area (Å²) >= 11 is 0. The Hall–Kier alpha value is -4.67. The lowest BCUT2D eigenvalue weighted by Gasteiger charge is -2.32. The van der Waals surface area contributed by atoms with Gasteiger partial charge in [-0.3, -0.25) is 14.3 Å². The third-order valence-electron chi connectivity index (χ3n) is 6.04. The highest BCUT2D eigenvalue weighted by Crippen LogP contribution is 2.37. The van der Waals surface area contributed by atoms with Crippen LogP contribution in [0.25, 0.3) is 10.4 Å². The molecule has 37 heavy (non-hydrogen) atoms. The Morgan fingerprint density at radius 2 is 1.59 bits per heavy atom. The van der Waals surface area contributed by atoms with Crippen molar-refractivity contribution in [1.29, 1.82) is 0 Å². The first-order valence-corrected chi connectivity index (χ1v) is 11.3. The molecule has 1 aliphatic rings. The van der Waals surface area contributed by atoms with Crippen molar-refractivity contribution in [1.82, 2.24) is 9.55 Å². The molecule has 1 fully saturated rings. The highest BCUT2D eigenvalue weighted by molar-refractivity contribution is 5.90. The van der Waals surface area contributed by atoms with E-state index in [1.54, 1.807) is 60.7 Å². The molecule has 12 nitrogen and oxygen atoms in total. The van der Waals surface area contributed by atoms with E-state index >= 15 is 0 Å². The van der Waals surface area contributed by atoms with Crippen molar-refractivity contribution >= 4 is 11.9 Å². The number of azide groups is 1. The second kappa shape index (κ2) is 10.9. The van der Waals surface area contributed by atoms with Crippen LogP contribution in [0, 0.1) is 6.92 Å². The van der Waals surface area contributed by atoms with Crippen LogP contribution in [0.15, 0.2) is 81.6 Å². The molecular formula is C25H23N5O7. The first kappa shape index (κ1) is 25.4. The normalized spacial score (nSPS) is 18.0. The summed E-state index contributed by atoms with van der Waals surface area (Å²) in [5.41, 5.74) is 7.25. The van der Waals surface area contributed by atoms with E-state index in [0.29, 0.717) is 0 Å². The molecule has 0 bridgehead atoms. The fourth-order valence-electron chi connectivity index (χ4n) is 4.07. The van der Waals surface area contributed by atoms with E-state index in [-0.39, 0.29) is 23.3 Å². The van der Waals surface area contributed by atoms with Gasteiger partial charge in [-0.25, -0.2) is 14.4 Å². The SMILES string of the molecule is Cc1cn(C2COC(COC(=O)c3ccccc3)(COC(=O)c3ccccc3)C2N=[N+]=[N-])c(=O)[nH]c1=O. The average molecular weight is 505 g/mol. The van der Waals surface area contributed by atoms with Crippen LogP contribution in [0.1, 0.15) is 32.3 Å². The van der Waals surface area contributed by atoms with E-state index in [2.05, 4.69) is 15.0 Å². The van der Waals surface area contributed by atoms with E-state index in [4.69, 9.17) is 14.2 Å². The van der Waals surface area contributed by atoms with Gasteiger partial charge >= 0.3 is 17.6 Å². The van der Waals surface area contributed by atoms with E-state index < -0.39 is 54.1 Å². The second-order valence-electron chi connectivity index (χ2n) is 8.46. The number of ether oxygens (including phenoxy) is 3. The minimum absolute atomic E-state index is 0.152. The molecule has 0 aliphatic carbocycles. The standard InChI is InChI=1S/C25H23N5O7/c1-16-12-30(24(34)27-21(16)31)19-13-37-25(20(19)28-29-26,14-35-22(32)17-8-4-2-5-9-17)15-36-23(33)18-10-6-3-7-11-18/h2-12,19-20H,13-15H2,1H3,(H,27,31,34). The maximum atomic E-state index is 12.7. The van der Waals surface area contributed by atoms with Gasteiger partial charge in [-0.1, -0.05) is 41.5 Å². The minimum Gasteiger partial charge on any atom is -0.459 e. The Morgan fingerprint density at radius 1 is 1.05 bits per heavy atom. The number of carbonyl (C=O) groups excluding carboxylic acids is 2. The van der Waals surface area contributed by atoms with Gasteiger partial charge in [-0.2, -0.15) is 0 Å². The van der Waals surface area contributed by atoms with Gasteiger partial charge in [0.1, 0.15) is 18.8 Å². The van der Waals surface area contributed by atoms with Crippen LogP contribution in [0.2, 0.25) is 0 Å². The zero-order valence-corrected chi connectivity index (χ0v) is 19.8. The molecule has 0 spiro atoms. The molecule has 3 aromatic rings. The maximum Gasteiger partial charge on any atom is 0.338 e. The van der Waals surface area contributed by atoms with E-state index in [9.17, 15) is 24.7 Å². The number of carbonyl (C=O) groups is 2. The summed E-state index contributed by atoms with van der Waals surface area (Å²) < 4.78 is 18.2. The van der Waals surface area contributed by atoms with Gasteiger partial charge < -0.3 is 14.2 Å². The lowest BCUT2D eigenvalue weighted by molar-refractivity contribution is -0.0892. The van der Waals surface area contributed by atoms with Crippen molar-refractivity contribution in [3.05, 3.63) is 115 Å². The third-order valence-corrected chi connectivity index (χ3v) is 6.04. The lowest BCUT2D eigenvalue weighted by atomic mass is 9.93. The zero-order chi connectivity index (χ0) is 26.4. The summed E-state index contributed by atoms with van der Waals surface area (Å²) in [6, 6.07) is 14.4. The van der Waals surface area contributed by atoms with Crippen molar-refractivity contribution in [2.75, 3.05) is 19.8 Å². The summed E-state index contributed by atoms with van der Waals surface area (Å²) in [7, 11) is 0. The summed E-state index contributed by atoms with van der Waals surface area (Å²) in [5.74, 6) is -1.34. The number of aromatic nitrogens is 2. The highest BCUT2D eigenvalue weighted by atomic mass is 16.6. The quantitative estimate of drug-likeness (QED) is 0.212. The number of H-pyrrole nitrogens is 1. The van der Waals surface area contributed by atoms with Gasteiger partial charge in [-0.05, 0) is 36.7 Å². The predicted octanol–water partition coefficient (Wildman–Crippen LogP) is 2.55. The number of hydrogen-bond acceptors (Lipinski definition) is 8. The molecule has 1 N–H and O–H groups in total. The van der Waals surface area contributed by atoms with E-state index in [1.165, 1.54) is 17.7 Å². The number of hydrogen-bond donors (Lipinski definition) is 1.